The first-order valence-electron chi connectivity index (χ1n) is 5.72. The highest BCUT2D eigenvalue weighted by Crippen LogP contribution is 2.18. The molecule has 1 aromatic heterocycles. The Morgan fingerprint density at radius 3 is 3.00 bits per heavy atom. The number of halogens is 2. The van der Waals surface area contributed by atoms with Crippen LogP contribution in [0.3, 0.4) is 0 Å². The SMILES string of the molecule is NCCCc1cn(Cc2cccc(Cl)c2F)nn1. The van der Waals surface area contributed by atoms with Gasteiger partial charge in [0.05, 0.1) is 17.3 Å². The lowest BCUT2D eigenvalue weighted by Gasteiger charge is -2.03. The molecule has 0 aliphatic carbocycles. The van der Waals surface area contributed by atoms with Crippen LogP contribution in [-0.4, -0.2) is 21.5 Å². The number of rotatable bonds is 5. The first-order chi connectivity index (χ1) is 8.70. The molecule has 0 unspecified atom stereocenters. The van der Waals surface area contributed by atoms with Gasteiger partial charge in [0.25, 0.3) is 0 Å². The fourth-order valence-electron chi connectivity index (χ4n) is 1.66. The van der Waals surface area contributed by atoms with Gasteiger partial charge in [0.1, 0.15) is 5.82 Å². The highest BCUT2D eigenvalue weighted by atomic mass is 35.5. The molecule has 0 bridgehead atoms. The number of hydrogen-bond donors (Lipinski definition) is 1. The van der Waals surface area contributed by atoms with Gasteiger partial charge in [-0.15, -0.1) is 5.10 Å². The minimum Gasteiger partial charge on any atom is -0.330 e. The minimum atomic E-state index is -0.404. The Morgan fingerprint density at radius 2 is 2.22 bits per heavy atom. The van der Waals surface area contributed by atoms with Gasteiger partial charge in [-0.3, -0.25) is 0 Å². The Bertz CT molecular complexity index is 527. The number of hydrogen-bond acceptors (Lipinski definition) is 3. The molecule has 4 nitrogen and oxygen atoms in total. The molecule has 2 rings (SSSR count). The highest BCUT2D eigenvalue weighted by Gasteiger charge is 2.08. The number of nitrogens with zero attached hydrogens (tertiary/aromatic N) is 3. The number of aryl methyl sites for hydroxylation is 1. The van der Waals surface area contributed by atoms with E-state index in [0.29, 0.717) is 18.7 Å². The van der Waals surface area contributed by atoms with Crippen LogP contribution in [0, 0.1) is 5.82 Å². The van der Waals surface area contributed by atoms with Crippen molar-refractivity contribution in [2.24, 2.45) is 5.73 Å². The summed E-state index contributed by atoms with van der Waals surface area (Å²) >= 11 is 5.72. The Hall–Kier alpha value is -1.46. The minimum absolute atomic E-state index is 0.121. The van der Waals surface area contributed by atoms with Gasteiger partial charge >= 0.3 is 0 Å². The van der Waals surface area contributed by atoms with Gasteiger partial charge in [-0.05, 0) is 25.5 Å². The average molecular weight is 269 g/mol. The van der Waals surface area contributed by atoms with Crippen molar-refractivity contribution in [2.75, 3.05) is 6.54 Å². The molecule has 0 aliphatic rings. The summed E-state index contributed by atoms with van der Waals surface area (Å²) in [6.07, 6.45) is 3.45. The molecule has 0 saturated heterocycles. The monoisotopic (exact) mass is 268 g/mol. The zero-order valence-electron chi connectivity index (χ0n) is 9.81. The van der Waals surface area contributed by atoms with Gasteiger partial charge in [0.15, 0.2) is 0 Å². The lowest BCUT2D eigenvalue weighted by molar-refractivity contribution is 0.577. The van der Waals surface area contributed by atoms with Crippen LogP contribution in [0.15, 0.2) is 24.4 Å². The molecular weight excluding hydrogens is 255 g/mol. The van der Waals surface area contributed by atoms with Crippen molar-refractivity contribution < 1.29 is 4.39 Å². The molecule has 96 valence electrons. The quantitative estimate of drug-likeness (QED) is 0.902. The summed E-state index contributed by atoms with van der Waals surface area (Å²) < 4.78 is 15.3. The van der Waals surface area contributed by atoms with Gasteiger partial charge in [-0.1, -0.05) is 28.9 Å². The largest absolute Gasteiger partial charge is 0.330 e. The van der Waals surface area contributed by atoms with E-state index in [2.05, 4.69) is 10.3 Å². The number of nitrogens with two attached hydrogens (primary N) is 1. The molecule has 0 fully saturated rings. The number of benzene rings is 1. The molecule has 1 heterocycles. The molecule has 0 radical (unpaired) electrons. The first kappa shape index (κ1) is 13.0. The van der Waals surface area contributed by atoms with Crippen molar-refractivity contribution in [3.8, 4) is 0 Å². The van der Waals surface area contributed by atoms with Crippen molar-refractivity contribution in [1.82, 2.24) is 15.0 Å². The molecule has 0 aliphatic heterocycles. The highest BCUT2D eigenvalue weighted by molar-refractivity contribution is 6.30. The molecule has 18 heavy (non-hydrogen) atoms. The maximum Gasteiger partial charge on any atom is 0.146 e. The zero-order valence-corrected chi connectivity index (χ0v) is 10.6. The standard InChI is InChI=1S/C12H14ClFN4/c13-11-5-1-3-9(12(11)14)7-18-8-10(16-17-18)4-2-6-15/h1,3,5,8H,2,4,6-7,15H2. The average Bonchev–Trinajstić information content (AvgIpc) is 2.80. The Kier molecular flexibility index (Phi) is 4.28. The molecule has 0 amide bonds. The molecule has 2 aromatic rings. The van der Waals surface area contributed by atoms with Crippen LogP contribution in [0.5, 0.6) is 0 Å². The third-order valence-corrected chi connectivity index (χ3v) is 2.88. The smallest absolute Gasteiger partial charge is 0.146 e. The predicted molar refractivity (Wildman–Crippen MR) is 67.9 cm³/mol. The predicted octanol–water partition coefficient (Wildman–Crippen LogP) is 2.01. The van der Waals surface area contributed by atoms with E-state index < -0.39 is 5.82 Å². The van der Waals surface area contributed by atoms with Crippen LogP contribution in [0.25, 0.3) is 0 Å². The van der Waals surface area contributed by atoms with E-state index in [-0.39, 0.29) is 5.02 Å². The van der Waals surface area contributed by atoms with Crippen molar-refractivity contribution in [3.63, 3.8) is 0 Å². The second kappa shape index (κ2) is 5.93. The van der Waals surface area contributed by atoms with Crippen molar-refractivity contribution in [1.29, 1.82) is 0 Å². The van der Waals surface area contributed by atoms with Crippen LogP contribution in [-0.2, 0) is 13.0 Å². The molecule has 2 N–H and O–H groups in total. The third kappa shape index (κ3) is 3.05. The van der Waals surface area contributed by atoms with E-state index in [9.17, 15) is 4.39 Å². The van der Waals surface area contributed by atoms with E-state index in [1.807, 2.05) is 0 Å². The van der Waals surface area contributed by atoms with Gasteiger partial charge in [0, 0.05) is 11.8 Å². The Labute approximate surface area is 110 Å². The van der Waals surface area contributed by atoms with Crippen molar-refractivity contribution >= 4 is 11.6 Å². The first-order valence-corrected chi connectivity index (χ1v) is 6.10. The summed E-state index contributed by atoms with van der Waals surface area (Å²) in [5.41, 5.74) is 6.79. The van der Waals surface area contributed by atoms with Crippen LogP contribution >= 0.6 is 11.6 Å². The molecule has 6 heteroatoms. The molecule has 0 spiro atoms. The third-order valence-electron chi connectivity index (χ3n) is 2.59. The molecular formula is C12H14ClFN4. The summed E-state index contributed by atoms with van der Waals surface area (Å²) in [4.78, 5) is 0. The summed E-state index contributed by atoms with van der Waals surface area (Å²) in [5.74, 6) is -0.404. The van der Waals surface area contributed by atoms with Crippen molar-refractivity contribution in [2.45, 2.75) is 19.4 Å². The van der Waals surface area contributed by atoms with Gasteiger partial charge in [0.2, 0.25) is 0 Å². The zero-order chi connectivity index (χ0) is 13.0. The Morgan fingerprint density at radius 1 is 1.39 bits per heavy atom. The van der Waals surface area contributed by atoms with E-state index in [0.717, 1.165) is 18.5 Å². The van der Waals surface area contributed by atoms with Gasteiger partial charge < -0.3 is 5.73 Å². The molecule has 1 aromatic carbocycles. The lowest BCUT2D eigenvalue weighted by atomic mass is 10.2. The van der Waals surface area contributed by atoms with E-state index in [4.69, 9.17) is 17.3 Å². The van der Waals surface area contributed by atoms with Crippen molar-refractivity contribution in [3.05, 3.63) is 46.5 Å². The lowest BCUT2D eigenvalue weighted by Crippen LogP contribution is -2.03. The topological polar surface area (TPSA) is 56.7 Å². The maximum absolute atomic E-state index is 13.7. The summed E-state index contributed by atoms with van der Waals surface area (Å²) in [6.45, 7) is 0.942. The summed E-state index contributed by atoms with van der Waals surface area (Å²) in [6, 6.07) is 4.92. The Balaban J connectivity index is 2.09. The second-order valence-electron chi connectivity index (χ2n) is 4.01. The van der Waals surface area contributed by atoms with E-state index in [1.165, 1.54) is 6.07 Å². The van der Waals surface area contributed by atoms with E-state index >= 15 is 0 Å². The molecule has 0 atom stereocenters. The summed E-state index contributed by atoms with van der Waals surface area (Å²) in [5, 5.41) is 8.08. The summed E-state index contributed by atoms with van der Waals surface area (Å²) in [7, 11) is 0. The van der Waals surface area contributed by atoms with Crippen LogP contribution < -0.4 is 5.73 Å². The number of aromatic nitrogens is 3. The van der Waals surface area contributed by atoms with Crippen LogP contribution in [0.2, 0.25) is 5.02 Å². The molecule has 0 saturated carbocycles. The maximum atomic E-state index is 13.7. The van der Waals surface area contributed by atoms with E-state index in [1.54, 1.807) is 23.0 Å². The van der Waals surface area contributed by atoms with Gasteiger partial charge in [-0.25, -0.2) is 9.07 Å². The fraction of sp³-hybridized carbons (Fsp3) is 0.333. The van der Waals surface area contributed by atoms with Crippen LogP contribution in [0.1, 0.15) is 17.7 Å². The second-order valence-corrected chi connectivity index (χ2v) is 4.42. The van der Waals surface area contributed by atoms with Gasteiger partial charge in [-0.2, -0.15) is 0 Å². The normalized spacial score (nSPS) is 10.8. The van der Waals surface area contributed by atoms with Crippen LogP contribution in [0.4, 0.5) is 4.39 Å². The fourth-order valence-corrected chi connectivity index (χ4v) is 1.85.